The smallest absolute Gasteiger partial charge is 0.310 e. The molecule has 1 saturated heterocycles. The summed E-state index contributed by atoms with van der Waals surface area (Å²) in [5, 5.41) is 10.3. The van der Waals surface area contributed by atoms with Gasteiger partial charge in [0.2, 0.25) is 0 Å². The molecule has 70 valence electrons. The fraction of sp³-hybridized carbons (Fsp3) is 0.875. The van der Waals surface area contributed by atoms with Crippen LogP contribution in [0.25, 0.3) is 0 Å². The average Bonchev–Trinajstić information content (AvgIpc) is 2.05. The first-order chi connectivity index (χ1) is 5.74. The maximum absolute atomic E-state index is 11.2. The third-order valence-electron chi connectivity index (χ3n) is 2.02. The molecule has 4 nitrogen and oxygen atoms in total. The van der Waals surface area contributed by atoms with Crippen LogP contribution in [-0.2, 0) is 9.53 Å². The highest BCUT2D eigenvalue weighted by Crippen LogP contribution is 2.15. The van der Waals surface area contributed by atoms with E-state index in [-0.39, 0.29) is 11.9 Å². The number of rotatable bonds is 2. The van der Waals surface area contributed by atoms with Crippen molar-refractivity contribution in [2.75, 3.05) is 19.7 Å². The molecule has 1 aliphatic heterocycles. The number of piperidine rings is 1. The van der Waals surface area contributed by atoms with Gasteiger partial charge in [0, 0.05) is 13.1 Å². The first-order valence-electron chi connectivity index (χ1n) is 4.34. The molecule has 4 heteroatoms. The van der Waals surface area contributed by atoms with Gasteiger partial charge >= 0.3 is 5.97 Å². The molecule has 0 aliphatic carbocycles. The highest BCUT2D eigenvalue weighted by atomic mass is 16.5. The van der Waals surface area contributed by atoms with Crippen molar-refractivity contribution in [2.45, 2.75) is 19.8 Å². The van der Waals surface area contributed by atoms with Crippen molar-refractivity contribution in [2.24, 2.45) is 5.92 Å². The van der Waals surface area contributed by atoms with Crippen LogP contribution in [0, 0.1) is 5.92 Å². The summed E-state index contributed by atoms with van der Waals surface area (Å²) in [6.07, 6.45) is 1.69. The standard InChI is InChI=1S/C8H15NO3/c1-2-12-8(10)7-4-3-5-9(11)6-7/h7,11H,2-6H2,1H3. The first kappa shape index (κ1) is 9.48. The van der Waals surface area contributed by atoms with Crippen molar-refractivity contribution in [1.82, 2.24) is 5.06 Å². The lowest BCUT2D eigenvalue weighted by Crippen LogP contribution is -2.37. The summed E-state index contributed by atoms with van der Waals surface area (Å²) in [5.41, 5.74) is 0. The zero-order chi connectivity index (χ0) is 8.97. The number of esters is 1. The van der Waals surface area contributed by atoms with E-state index >= 15 is 0 Å². The molecule has 0 bridgehead atoms. The Morgan fingerprint density at radius 2 is 2.50 bits per heavy atom. The molecule has 1 atom stereocenters. The van der Waals surface area contributed by atoms with Gasteiger partial charge in [-0.25, -0.2) is 0 Å². The molecule has 0 amide bonds. The van der Waals surface area contributed by atoms with Crippen molar-refractivity contribution in [3.63, 3.8) is 0 Å². The average molecular weight is 173 g/mol. The lowest BCUT2D eigenvalue weighted by atomic mass is 10.00. The Bertz CT molecular complexity index is 160. The topological polar surface area (TPSA) is 49.8 Å². The van der Waals surface area contributed by atoms with Crippen LogP contribution in [-0.4, -0.2) is 35.9 Å². The zero-order valence-corrected chi connectivity index (χ0v) is 7.32. The van der Waals surface area contributed by atoms with Crippen LogP contribution in [0.5, 0.6) is 0 Å². The normalized spacial score (nSPS) is 25.3. The summed E-state index contributed by atoms with van der Waals surface area (Å²) < 4.78 is 4.85. The van der Waals surface area contributed by atoms with Gasteiger partial charge in [0.1, 0.15) is 0 Å². The Hall–Kier alpha value is -0.610. The molecule has 0 radical (unpaired) electrons. The molecule has 1 heterocycles. The summed E-state index contributed by atoms with van der Waals surface area (Å²) in [6.45, 7) is 3.28. The highest BCUT2D eigenvalue weighted by molar-refractivity contribution is 5.72. The predicted molar refractivity (Wildman–Crippen MR) is 42.7 cm³/mol. The van der Waals surface area contributed by atoms with Gasteiger partial charge in [0.15, 0.2) is 0 Å². The number of hydrogen-bond acceptors (Lipinski definition) is 4. The van der Waals surface area contributed by atoms with E-state index in [0.29, 0.717) is 19.7 Å². The SMILES string of the molecule is CCOC(=O)C1CCCN(O)C1. The van der Waals surface area contributed by atoms with Crippen LogP contribution in [0.4, 0.5) is 0 Å². The second-order valence-electron chi connectivity index (χ2n) is 3.00. The lowest BCUT2D eigenvalue weighted by Gasteiger charge is -2.26. The summed E-state index contributed by atoms with van der Waals surface area (Å²) in [7, 11) is 0. The third kappa shape index (κ3) is 2.46. The van der Waals surface area contributed by atoms with E-state index in [4.69, 9.17) is 9.94 Å². The molecule has 1 rings (SSSR count). The highest BCUT2D eigenvalue weighted by Gasteiger charge is 2.25. The van der Waals surface area contributed by atoms with Crippen molar-refractivity contribution in [3.8, 4) is 0 Å². The van der Waals surface area contributed by atoms with Gasteiger partial charge in [-0.05, 0) is 19.8 Å². The van der Waals surface area contributed by atoms with Gasteiger partial charge in [-0.1, -0.05) is 0 Å². The van der Waals surface area contributed by atoms with E-state index in [0.717, 1.165) is 12.8 Å². The Kier molecular flexibility index (Phi) is 3.49. The molecule has 1 aliphatic rings. The number of hydroxylamine groups is 2. The molecule has 1 N–H and O–H groups in total. The van der Waals surface area contributed by atoms with E-state index in [9.17, 15) is 4.79 Å². The Morgan fingerprint density at radius 3 is 3.08 bits per heavy atom. The number of hydrogen-bond donors (Lipinski definition) is 1. The number of nitrogens with zero attached hydrogens (tertiary/aromatic N) is 1. The summed E-state index contributed by atoms with van der Waals surface area (Å²) >= 11 is 0. The van der Waals surface area contributed by atoms with E-state index in [1.54, 1.807) is 6.92 Å². The minimum Gasteiger partial charge on any atom is -0.466 e. The lowest BCUT2D eigenvalue weighted by molar-refractivity contribution is -0.161. The van der Waals surface area contributed by atoms with E-state index in [1.165, 1.54) is 5.06 Å². The van der Waals surface area contributed by atoms with Crippen molar-refractivity contribution >= 4 is 5.97 Å². The molecule has 0 aromatic carbocycles. The van der Waals surface area contributed by atoms with Crippen LogP contribution < -0.4 is 0 Å². The molecular formula is C8H15NO3. The molecule has 0 aromatic heterocycles. The van der Waals surface area contributed by atoms with Gasteiger partial charge in [-0.3, -0.25) is 4.79 Å². The Balaban J connectivity index is 2.35. The Morgan fingerprint density at radius 1 is 1.75 bits per heavy atom. The molecule has 0 spiro atoms. The zero-order valence-electron chi connectivity index (χ0n) is 7.32. The monoisotopic (exact) mass is 173 g/mol. The van der Waals surface area contributed by atoms with Gasteiger partial charge in [-0.15, -0.1) is 0 Å². The van der Waals surface area contributed by atoms with Crippen LogP contribution in [0.15, 0.2) is 0 Å². The third-order valence-corrected chi connectivity index (χ3v) is 2.02. The van der Waals surface area contributed by atoms with Crippen molar-refractivity contribution < 1.29 is 14.7 Å². The van der Waals surface area contributed by atoms with Crippen LogP contribution in [0.2, 0.25) is 0 Å². The first-order valence-corrected chi connectivity index (χ1v) is 4.34. The quantitative estimate of drug-likeness (QED) is 0.623. The van der Waals surface area contributed by atoms with E-state index in [1.807, 2.05) is 0 Å². The fourth-order valence-corrected chi connectivity index (χ4v) is 1.41. The minimum atomic E-state index is -0.184. The van der Waals surface area contributed by atoms with Gasteiger partial charge in [0.25, 0.3) is 0 Å². The molecule has 12 heavy (non-hydrogen) atoms. The molecule has 1 unspecified atom stereocenters. The van der Waals surface area contributed by atoms with Crippen LogP contribution in [0.1, 0.15) is 19.8 Å². The molecule has 1 fully saturated rings. The summed E-state index contributed by atoms with van der Waals surface area (Å²) in [4.78, 5) is 11.2. The van der Waals surface area contributed by atoms with Crippen molar-refractivity contribution in [3.05, 3.63) is 0 Å². The Labute approximate surface area is 72.1 Å². The predicted octanol–water partition coefficient (Wildman–Crippen LogP) is 0.651. The van der Waals surface area contributed by atoms with Gasteiger partial charge < -0.3 is 9.94 Å². The van der Waals surface area contributed by atoms with Crippen molar-refractivity contribution in [1.29, 1.82) is 0 Å². The minimum absolute atomic E-state index is 0.135. The maximum Gasteiger partial charge on any atom is 0.310 e. The largest absolute Gasteiger partial charge is 0.466 e. The van der Waals surface area contributed by atoms with E-state index in [2.05, 4.69) is 0 Å². The molecule has 0 saturated carbocycles. The summed E-state index contributed by atoms with van der Waals surface area (Å²) in [5.74, 6) is -0.319. The second-order valence-corrected chi connectivity index (χ2v) is 3.00. The van der Waals surface area contributed by atoms with Crippen LogP contribution >= 0.6 is 0 Å². The van der Waals surface area contributed by atoms with E-state index < -0.39 is 0 Å². The number of ether oxygens (including phenoxy) is 1. The second kappa shape index (κ2) is 4.42. The fourth-order valence-electron chi connectivity index (χ4n) is 1.41. The molecular weight excluding hydrogens is 158 g/mol. The molecule has 0 aromatic rings. The van der Waals surface area contributed by atoms with Gasteiger partial charge in [-0.2, -0.15) is 5.06 Å². The summed E-state index contributed by atoms with van der Waals surface area (Å²) in [6, 6.07) is 0. The van der Waals surface area contributed by atoms with Gasteiger partial charge in [0.05, 0.1) is 12.5 Å². The number of carbonyl (C=O) groups excluding carboxylic acids is 1. The maximum atomic E-state index is 11.2. The number of carbonyl (C=O) groups is 1. The van der Waals surface area contributed by atoms with Crippen LogP contribution in [0.3, 0.4) is 0 Å².